The minimum atomic E-state index is -4.78. The van der Waals surface area contributed by atoms with Crippen LogP contribution in [0.5, 0.6) is 0 Å². The molecule has 0 aliphatic carbocycles. The third-order valence-corrected chi connectivity index (χ3v) is 5.92. The summed E-state index contributed by atoms with van der Waals surface area (Å²) in [6.07, 6.45) is -3.27. The zero-order valence-corrected chi connectivity index (χ0v) is 17.7. The molecule has 0 aliphatic rings. The number of nitrogens with one attached hydrogen (secondary N) is 1. The van der Waals surface area contributed by atoms with Gasteiger partial charge in [-0.25, -0.2) is 9.37 Å². The highest BCUT2D eigenvalue weighted by molar-refractivity contribution is 7.21. The minimum absolute atomic E-state index is 0.0154. The summed E-state index contributed by atoms with van der Waals surface area (Å²) < 4.78 is 55.4. The summed E-state index contributed by atoms with van der Waals surface area (Å²) in [6, 6.07) is 7.26. The fourth-order valence-electron chi connectivity index (χ4n) is 3.27. The Hall–Kier alpha value is -3.80. The van der Waals surface area contributed by atoms with E-state index in [2.05, 4.69) is 15.4 Å². The van der Waals surface area contributed by atoms with Crippen LogP contribution in [0.25, 0.3) is 21.3 Å². The SMILES string of the molecule is Cc1ccnn1CC(=O)Nc1c(C(N)=O)sc2nc(C(F)(F)F)cc(-c3ccc(F)cc3)c12. The second-order valence-electron chi connectivity index (χ2n) is 7.09. The van der Waals surface area contributed by atoms with Gasteiger partial charge in [0.05, 0.1) is 5.69 Å². The molecule has 0 atom stereocenters. The predicted octanol–water partition coefficient (Wildman–Crippen LogP) is 4.36. The number of nitrogens with zero attached hydrogens (tertiary/aromatic N) is 3. The van der Waals surface area contributed by atoms with E-state index >= 15 is 0 Å². The number of hydrogen-bond donors (Lipinski definition) is 2. The Balaban J connectivity index is 1.91. The van der Waals surface area contributed by atoms with Crippen LogP contribution >= 0.6 is 11.3 Å². The smallest absolute Gasteiger partial charge is 0.365 e. The topological polar surface area (TPSA) is 103 Å². The molecule has 4 aromatic rings. The summed E-state index contributed by atoms with van der Waals surface area (Å²) in [5, 5.41) is 6.68. The van der Waals surface area contributed by atoms with Crippen molar-refractivity contribution in [3.8, 4) is 11.1 Å². The number of aromatic nitrogens is 3. The van der Waals surface area contributed by atoms with Gasteiger partial charge in [-0.1, -0.05) is 12.1 Å². The number of benzene rings is 1. The first kappa shape index (κ1) is 22.4. The number of aryl methyl sites for hydroxylation is 1. The zero-order valence-electron chi connectivity index (χ0n) is 16.9. The van der Waals surface area contributed by atoms with Gasteiger partial charge in [0.25, 0.3) is 5.91 Å². The lowest BCUT2D eigenvalue weighted by atomic mass is 10.0. The highest BCUT2D eigenvalue weighted by Gasteiger charge is 2.35. The van der Waals surface area contributed by atoms with Gasteiger partial charge in [-0.05, 0) is 42.3 Å². The van der Waals surface area contributed by atoms with E-state index in [9.17, 15) is 27.2 Å². The molecule has 0 spiro atoms. The third kappa shape index (κ3) is 4.42. The molecule has 3 N–H and O–H groups in total. The number of carbonyl (C=O) groups is 2. The second-order valence-corrected chi connectivity index (χ2v) is 8.09. The van der Waals surface area contributed by atoms with Gasteiger partial charge in [0.1, 0.15) is 27.8 Å². The van der Waals surface area contributed by atoms with Crippen molar-refractivity contribution in [1.82, 2.24) is 14.8 Å². The van der Waals surface area contributed by atoms with Crippen LogP contribution in [-0.4, -0.2) is 26.6 Å². The summed E-state index contributed by atoms with van der Waals surface area (Å²) in [7, 11) is 0. The van der Waals surface area contributed by atoms with E-state index in [1.54, 1.807) is 13.0 Å². The highest BCUT2D eigenvalue weighted by Crippen LogP contribution is 2.43. The highest BCUT2D eigenvalue weighted by atomic mass is 32.1. The first-order valence-corrected chi connectivity index (χ1v) is 10.2. The average Bonchev–Trinajstić information content (AvgIpc) is 3.31. The van der Waals surface area contributed by atoms with Crippen molar-refractivity contribution in [2.24, 2.45) is 5.73 Å². The quantitative estimate of drug-likeness (QED) is 0.417. The molecule has 0 radical (unpaired) electrons. The zero-order chi connectivity index (χ0) is 23.9. The van der Waals surface area contributed by atoms with E-state index in [1.807, 2.05) is 0 Å². The van der Waals surface area contributed by atoms with Crippen LogP contribution in [0.3, 0.4) is 0 Å². The lowest BCUT2D eigenvalue weighted by molar-refractivity contribution is -0.140. The molecule has 0 aliphatic heterocycles. The summed E-state index contributed by atoms with van der Waals surface area (Å²) in [6.45, 7) is 1.54. The molecule has 0 unspecified atom stereocenters. The number of pyridine rings is 1. The van der Waals surface area contributed by atoms with Crippen LogP contribution in [-0.2, 0) is 17.5 Å². The van der Waals surface area contributed by atoms with Crippen molar-refractivity contribution in [2.75, 3.05) is 5.32 Å². The number of alkyl halides is 3. The van der Waals surface area contributed by atoms with Gasteiger partial charge in [-0.3, -0.25) is 14.3 Å². The van der Waals surface area contributed by atoms with Crippen molar-refractivity contribution >= 4 is 39.1 Å². The molecule has 1 aromatic carbocycles. The van der Waals surface area contributed by atoms with Crippen LogP contribution in [0.15, 0.2) is 42.6 Å². The van der Waals surface area contributed by atoms with Crippen molar-refractivity contribution in [3.63, 3.8) is 0 Å². The molecule has 170 valence electrons. The molecule has 0 bridgehead atoms. The lowest BCUT2D eigenvalue weighted by Crippen LogP contribution is -2.22. The number of anilines is 1. The maximum Gasteiger partial charge on any atom is 0.433 e. The molecule has 0 saturated carbocycles. The molecule has 7 nitrogen and oxygen atoms in total. The number of carbonyl (C=O) groups excluding carboxylic acids is 2. The molecule has 4 rings (SSSR count). The number of primary amides is 1. The molecular formula is C21H15F4N5O2S. The molecule has 0 fully saturated rings. The molecule has 0 saturated heterocycles. The number of halogens is 4. The summed E-state index contributed by atoms with van der Waals surface area (Å²) in [5.74, 6) is -2.09. The van der Waals surface area contributed by atoms with Crippen LogP contribution in [0.4, 0.5) is 23.2 Å². The van der Waals surface area contributed by atoms with E-state index in [4.69, 9.17) is 5.73 Å². The monoisotopic (exact) mass is 477 g/mol. The maximum atomic E-state index is 13.5. The molecule has 12 heteroatoms. The molecule has 3 heterocycles. The van der Waals surface area contributed by atoms with Gasteiger partial charge < -0.3 is 11.1 Å². The Kier molecular flexibility index (Phi) is 5.62. The van der Waals surface area contributed by atoms with Crippen LogP contribution in [0, 0.1) is 12.7 Å². The molecule has 3 aromatic heterocycles. The van der Waals surface area contributed by atoms with Crippen molar-refractivity contribution in [3.05, 3.63) is 64.7 Å². The number of nitrogens with two attached hydrogens (primary N) is 1. The summed E-state index contributed by atoms with van der Waals surface area (Å²) in [5.41, 5.74) is 5.16. The van der Waals surface area contributed by atoms with E-state index < -0.39 is 29.5 Å². The number of amides is 2. The third-order valence-electron chi connectivity index (χ3n) is 4.82. The van der Waals surface area contributed by atoms with Gasteiger partial charge >= 0.3 is 6.18 Å². The lowest BCUT2D eigenvalue weighted by Gasteiger charge is -2.13. The van der Waals surface area contributed by atoms with Gasteiger partial charge in [0.15, 0.2) is 0 Å². The fraction of sp³-hybridized carbons (Fsp3) is 0.143. The molecule has 33 heavy (non-hydrogen) atoms. The van der Waals surface area contributed by atoms with Crippen LogP contribution < -0.4 is 11.1 Å². The first-order valence-electron chi connectivity index (χ1n) is 9.43. The van der Waals surface area contributed by atoms with Crippen LogP contribution in [0.1, 0.15) is 21.1 Å². The van der Waals surface area contributed by atoms with Crippen molar-refractivity contribution in [2.45, 2.75) is 19.6 Å². The number of rotatable bonds is 5. The Morgan fingerprint density at radius 3 is 2.45 bits per heavy atom. The maximum absolute atomic E-state index is 13.5. The normalized spacial score (nSPS) is 11.7. The molecule has 2 amide bonds. The Morgan fingerprint density at radius 2 is 1.88 bits per heavy atom. The van der Waals surface area contributed by atoms with Crippen molar-refractivity contribution < 1.29 is 27.2 Å². The number of thiophene rings is 1. The molecular weight excluding hydrogens is 462 g/mol. The second kappa shape index (κ2) is 8.28. The van der Waals surface area contributed by atoms with E-state index in [-0.39, 0.29) is 38.5 Å². The van der Waals surface area contributed by atoms with E-state index in [0.29, 0.717) is 17.0 Å². The van der Waals surface area contributed by atoms with Gasteiger partial charge in [0, 0.05) is 17.3 Å². The Labute approximate surface area is 187 Å². The largest absolute Gasteiger partial charge is 0.433 e. The average molecular weight is 477 g/mol. The number of fused-ring (bicyclic) bond motifs is 1. The predicted molar refractivity (Wildman–Crippen MR) is 114 cm³/mol. The van der Waals surface area contributed by atoms with E-state index in [1.165, 1.54) is 23.0 Å². The van der Waals surface area contributed by atoms with Gasteiger partial charge in [0.2, 0.25) is 5.91 Å². The summed E-state index contributed by atoms with van der Waals surface area (Å²) >= 11 is 0.630. The van der Waals surface area contributed by atoms with Gasteiger partial charge in [-0.15, -0.1) is 11.3 Å². The van der Waals surface area contributed by atoms with E-state index in [0.717, 1.165) is 18.2 Å². The Morgan fingerprint density at radius 1 is 1.18 bits per heavy atom. The Bertz CT molecular complexity index is 1380. The fourth-order valence-corrected chi connectivity index (χ4v) is 4.28. The first-order chi connectivity index (χ1) is 15.5. The van der Waals surface area contributed by atoms with Crippen molar-refractivity contribution in [1.29, 1.82) is 0 Å². The van der Waals surface area contributed by atoms with Crippen LogP contribution in [0.2, 0.25) is 0 Å². The summed E-state index contributed by atoms with van der Waals surface area (Å²) in [4.78, 5) is 28.1. The number of hydrogen-bond acceptors (Lipinski definition) is 5. The van der Waals surface area contributed by atoms with Gasteiger partial charge in [-0.2, -0.15) is 18.3 Å². The standard InChI is InChI=1S/C21H15F4N5O2S/c1-10-6-7-27-30(10)9-15(31)29-17-16-13(11-2-4-12(22)5-3-11)8-14(21(23,24)25)28-20(16)33-18(17)19(26)32/h2-8H,9H2,1H3,(H2,26,32)(H,29,31). The minimum Gasteiger partial charge on any atom is -0.365 e.